The Morgan fingerprint density at radius 2 is 1.79 bits per heavy atom. The van der Waals surface area contributed by atoms with E-state index in [4.69, 9.17) is 0 Å². The fourth-order valence-electron chi connectivity index (χ4n) is 0.948. The molecular formula is C12H10Br2. The van der Waals surface area contributed by atoms with E-state index in [1.807, 2.05) is 42.5 Å². The van der Waals surface area contributed by atoms with Crippen molar-refractivity contribution in [1.82, 2.24) is 0 Å². The van der Waals surface area contributed by atoms with Gasteiger partial charge < -0.3 is 0 Å². The van der Waals surface area contributed by atoms with Crippen molar-refractivity contribution in [3.05, 3.63) is 65.2 Å². The molecule has 0 bridgehead atoms. The summed E-state index contributed by atoms with van der Waals surface area (Å²) < 4.78 is 2.04. The van der Waals surface area contributed by atoms with Crippen LogP contribution in [0.15, 0.2) is 59.6 Å². The van der Waals surface area contributed by atoms with E-state index in [0.29, 0.717) is 0 Å². The Bertz CT molecular complexity index is 361. The Morgan fingerprint density at radius 1 is 1.14 bits per heavy atom. The smallest absolute Gasteiger partial charge is 0.0389 e. The maximum atomic E-state index is 3.62. The predicted octanol–water partition coefficient (Wildman–Crippen LogP) is 4.89. The van der Waals surface area contributed by atoms with Gasteiger partial charge in [0.1, 0.15) is 0 Å². The van der Waals surface area contributed by atoms with E-state index in [2.05, 4.69) is 38.4 Å². The predicted molar refractivity (Wildman–Crippen MR) is 70.6 cm³/mol. The van der Waals surface area contributed by atoms with Gasteiger partial charge in [-0.3, -0.25) is 0 Å². The van der Waals surface area contributed by atoms with Crippen LogP contribution in [0, 0.1) is 0 Å². The fraction of sp³-hybridized carbons (Fsp3) is 0. The van der Waals surface area contributed by atoms with Crippen LogP contribution in [0.3, 0.4) is 0 Å². The van der Waals surface area contributed by atoms with Crippen LogP contribution in [0.4, 0.5) is 0 Å². The molecule has 0 unspecified atom stereocenters. The monoisotopic (exact) mass is 312 g/mol. The van der Waals surface area contributed by atoms with Gasteiger partial charge in [-0.2, -0.15) is 0 Å². The molecule has 1 rings (SSSR count). The summed E-state index contributed by atoms with van der Waals surface area (Å²) in [4.78, 5) is 0. The van der Waals surface area contributed by atoms with Crippen LogP contribution in [0.5, 0.6) is 0 Å². The quantitative estimate of drug-likeness (QED) is 0.697. The largest absolute Gasteiger partial charge is 0.0991 e. The molecule has 0 amide bonds. The zero-order valence-electron chi connectivity index (χ0n) is 7.58. The lowest BCUT2D eigenvalue weighted by Crippen LogP contribution is -1.76. The Kier molecular flexibility index (Phi) is 4.91. The molecule has 14 heavy (non-hydrogen) atoms. The normalized spacial score (nSPS) is 12.7. The summed E-state index contributed by atoms with van der Waals surface area (Å²) in [6.45, 7) is 3.62. The van der Waals surface area contributed by atoms with Crippen molar-refractivity contribution < 1.29 is 0 Å². The van der Waals surface area contributed by atoms with Crippen molar-refractivity contribution in [3.63, 3.8) is 0 Å². The zero-order valence-corrected chi connectivity index (χ0v) is 10.8. The lowest BCUT2D eigenvalue weighted by Gasteiger charge is -2.00. The van der Waals surface area contributed by atoms with Crippen molar-refractivity contribution in [2.45, 2.75) is 0 Å². The first-order valence-electron chi connectivity index (χ1n) is 4.15. The van der Waals surface area contributed by atoms with Crippen molar-refractivity contribution >= 4 is 36.3 Å². The highest BCUT2D eigenvalue weighted by molar-refractivity contribution is 9.16. The summed E-state index contributed by atoms with van der Waals surface area (Å²) in [7, 11) is 0. The van der Waals surface area contributed by atoms with Gasteiger partial charge >= 0.3 is 0 Å². The first kappa shape index (κ1) is 11.5. The molecule has 1 aromatic rings. The number of benzene rings is 1. The van der Waals surface area contributed by atoms with Crippen LogP contribution in [0.25, 0.3) is 4.48 Å². The zero-order chi connectivity index (χ0) is 10.4. The Hall–Kier alpha value is -0.600. The highest BCUT2D eigenvalue weighted by Crippen LogP contribution is 2.28. The number of halogens is 2. The van der Waals surface area contributed by atoms with Crippen molar-refractivity contribution in [3.8, 4) is 0 Å². The van der Waals surface area contributed by atoms with Crippen molar-refractivity contribution in [2.75, 3.05) is 0 Å². The van der Waals surface area contributed by atoms with E-state index in [0.717, 1.165) is 14.5 Å². The van der Waals surface area contributed by atoms with Crippen molar-refractivity contribution in [2.24, 2.45) is 0 Å². The summed E-state index contributed by atoms with van der Waals surface area (Å²) in [6, 6.07) is 10.1. The van der Waals surface area contributed by atoms with Gasteiger partial charge in [-0.1, -0.05) is 49.1 Å². The standard InChI is InChI=1S/C12H10Br2/c1-2-3-9-11(13)12(14)10-7-5-4-6-8-10/h2-9H,1H2. The first-order valence-corrected chi connectivity index (χ1v) is 5.74. The molecule has 0 N–H and O–H groups in total. The van der Waals surface area contributed by atoms with Crippen LogP contribution in [-0.4, -0.2) is 0 Å². The Balaban J connectivity index is 2.98. The lowest BCUT2D eigenvalue weighted by atomic mass is 10.2. The minimum atomic E-state index is 1.00. The minimum Gasteiger partial charge on any atom is -0.0991 e. The van der Waals surface area contributed by atoms with Crippen LogP contribution in [0.1, 0.15) is 5.56 Å². The molecule has 0 aliphatic carbocycles. The maximum Gasteiger partial charge on any atom is 0.0389 e. The second-order valence-electron chi connectivity index (χ2n) is 2.62. The van der Waals surface area contributed by atoms with Gasteiger partial charge in [0.25, 0.3) is 0 Å². The molecule has 1 aromatic carbocycles. The van der Waals surface area contributed by atoms with Crippen LogP contribution < -0.4 is 0 Å². The number of hydrogen-bond donors (Lipinski definition) is 0. The third kappa shape index (κ3) is 3.28. The van der Waals surface area contributed by atoms with Crippen molar-refractivity contribution in [1.29, 1.82) is 0 Å². The molecule has 0 aliphatic rings. The van der Waals surface area contributed by atoms with Crippen LogP contribution in [0.2, 0.25) is 0 Å². The summed E-state index contributed by atoms with van der Waals surface area (Å²) in [6.07, 6.45) is 5.57. The van der Waals surface area contributed by atoms with Gasteiger partial charge in [-0.05, 0) is 43.5 Å². The van der Waals surface area contributed by atoms with Crippen LogP contribution in [-0.2, 0) is 0 Å². The van der Waals surface area contributed by atoms with Crippen LogP contribution >= 0.6 is 31.9 Å². The molecule has 0 aromatic heterocycles. The lowest BCUT2D eigenvalue weighted by molar-refractivity contribution is 1.65. The third-order valence-electron chi connectivity index (χ3n) is 1.62. The number of allylic oxidation sites excluding steroid dienone is 4. The third-order valence-corrected chi connectivity index (χ3v) is 3.69. The summed E-state index contributed by atoms with van der Waals surface area (Å²) in [5.41, 5.74) is 1.15. The van der Waals surface area contributed by atoms with Gasteiger partial charge in [0.05, 0.1) is 0 Å². The second kappa shape index (κ2) is 5.99. The van der Waals surface area contributed by atoms with Gasteiger partial charge in [0, 0.05) is 8.96 Å². The van der Waals surface area contributed by atoms with Gasteiger partial charge in [-0.25, -0.2) is 0 Å². The molecular weight excluding hydrogens is 304 g/mol. The molecule has 72 valence electrons. The molecule has 0 atom stereocenters. The SMILES string of the molecule is C=CC=CC(Br)=C(Br)c1ccccc1. The highest BCUT2D eigenvalue weighted by atomic mass is 79.9. The fourth-order valence-corrected chi connectivity index (χ4v) is 1.73. The molecule has 0 spiro atoms. The topological polar surface area (TPSA) is 0 Å². The molecule has 0 saturated carbocycles. The minimum absolute atomic E-state index is 1.00. The Labute approximate surface area is 101 Å². The molecule has 0 radical (unpaired) electrons. The maximum absolute atomic E-state index is 3.62. The number of rotatable bonds is 3. The Morgan fingerprint density at radius 3 is 2.36 bits per heavy atom. The average Bonchev–Trinajstić information content (AvgIpc) is 2.26. The van der Waals surface area contributed by atoms with E-state index >= 15 is 0 Å². The van der Waals surface area contributed by atoms with E-state index in [1.165, 1.54) is 0 Å². The van der Waals surface area contributed by atoms with E-state index in [1.54, 1.807) is 6.08 Å². The molecule has 2 heteroatoms. The second-order valence-corrected chi connectivity index (χ2v) is 4.27. The first-order chi connectivity index (χ1) is 6.75. The average molecular weight is 314 g/mol. The van der Waals surface area contributed by atoms with Gasteiger partial charge in [0.15, 0.2) is 0 Å². The number of hydrogen-bond acceptors (Lipinski definition) is 0. The van der Waals surface area contributed by atoms with Gasteiger partial charge in [-0.15, -0.1) is 0 Å². The molecule has 0 saturated heterocycles. The molecule has 0 nitrogen and oxygen atoms in total. The van der Waals surface area contributed by atoms with Gasteiger partial charge in [0.2, 0.25) is 0 Å². The van der Waals surface area contributed by atoms with E-state index in [9.17, 15) is 0 Å². The molecule has 0 fully saturated rings. The molecule has 0 heterocycles. The summed E-state index contributed by atoms with van der Waals surface area (Å²) >= 11 is 7.01. The highest BCUT2D eigenvalue weighted by Gasteiger charge is 1.99. The van der Waals surface area contributed by atoms with E-state index < -0.39 is 0 Å². The summed E-state index contributed by atoms with van der Waals surface area (Å²) in [5, 5.41) is 0. The molecule has 0 aliphatic heterocycles. The van der Waals surface area contributed by atoms with E-state index in [-0.39, 0.29) is 0 Å². The summed E-state index contributed by atoms with van der Waals surface area (Å²) in [5.74, 6) is 0.